The Bertz CT molecular complexity index is 323. The molecule has 0 spiro atoms. The molecule has 5 heteroatoms. The number of nitrogens with two attached hydrogens (primary N) is 1. The van der Waals surface area contributed by atoms with Gasteiger partial charge in [0.2, 0.25) is 0 Å². The highest BCUT2D eigenvalue weighted by atomic mass is 16.5. The molecular formula is C10H13NO4. The molecule has 0 aromatic heterocycles. The number of phenolic OH excluding ortho intramolecular Hbond substituents is 1. The summed E-state index contributed by atoms with van der Waals surface area (Å²) in [4.78, 5) is 11.3. The zero-order valence-corrected chi connectivity index (χ0v) is 8.09. The molecule has 4 N–H and O–H groups in total. The summed E-state index contributed by atoms with van der Waals surface area (Å²) in [6.07, 6.45) is 0. The van der Waals surface area contributed by atoms with Crippen LogP contribution in [0.4, 0.5) is 0 Å². The summed E-state index contributed by atoms with van der Waals surface area (Å²) in [7, 11) is 0. The van der Waals surface area contributed by atoms with Crippen molar-refractivity contribution in [3.05, 3.63) is 29.8 Å². The Kier molecular flexibility index (Phi) is 4.08. The second kappa shape index (κ2) is 5.33. The van der Waals surface area contributed by atoms with Crippen molar-refractivity contribution in [1.29, 1.82) is 0 Å². The van der Waals surface area contributed by atoms with Crippen LogP contribution in [0, 0.1) is 0 Å². The highest BCUT2D eigenvalue weighted by Crippen LogP contribution is 2.15. The standard InChI is InChI=1S/C10H13NO4/c11-9(10(14)15-6-5-12)7-1-3-8(13)4-2-7/h1-4,9,12-13H,5-6,11H2/t9-/m1/s1. The van der Waals surface area contributed by atoms with Crippen molar-refractivity contribution < 1.29 is 19.7 Å². The molecule has 0 unspecified atom stereocenters. The second-order valence-corrected chi connectivity index (χ2v) is 2.96. The average Bonchev–Trinajstić information content (AvgIpc) is 2.26. The fourth-order valence-electron chi connectivity index (χ4n) is 1.05. The minimum Gasteiger partial charge on any atom is -0.508 e. The zero-order valence-electron chi connectivity index (χ0n) is 8.09. The molecule has 0 heterocycles. The van der Waals surface area contributed by atoms with Crippen molar-refractivity contribution in [3.8, 4) is 5.75 Å². The van der Waals surface area contributed by atoms with Crippen LogP contribution >= 0.6 is 0 Å². The minimum atomic E-state index is -0.892. The Morgan fingerprint density at radius 2 is 2.00 bits per heavy atom. The third-order valence-corrected chi connectivity index (χ3v) is 1.84. The Hall–Kier alpha value is -1.59. The zero-order chi connectivity index (χ0) is 11.3. The van der Waals surface area contributed by atoms with Crippen LogP contribution in [-0.2, 0) is 9.53 Å². The van der Waals surface area contributed by atoms with Crippen LogP contribution in [0.2, 0.25) is 0 Å². The van der Waals surface area contributed by atoms with Gasteiger partial charge in [0.1, 0.15) is 18.4 Å². The van der Waals surface area contributed by atoms with Crippen LogP contribution in [-0.4, -0.2) is 29.4 Å². The van der Waals surface area contributed by atoms with Crippen LogP contribution in [0.1, 0.15) is 11.6 Å². The molecule has 1 aromatic carbocycles. The van der Waals surface area contributed by atoms with Gasteiger partial charge < -0.3 is 20.7 Å². The predicted molar refractivity (Wildman–Crippen MR) is 53.1 cm³/mol. The fraction of sp³-hybridized carbons (Fsp3) is 0.300. The number of aliphatic hydroxyl groups excluding tert-OH is 1. The molecule has 0 aliphatic rings. The number of rotatable bonds is 4. The van der Waals surface area contributed by atoms with Gasteiger partial charge in [0.05, 0.1) is 6.61 Å². The van der Waals surface area contributed by atoms with E-state index < -0.39 is 12.0 Å². The lowest BCUT2D eigenvalue weighted by Crippen LogP contribution is -2.24. The van der Waals surface area contributed by atoms with E-state index >= 15 is 0 Å². The van der Waals surface area contributed by atoms with E-state index in [1.165, 1.54) is 12.1 Å². The summed E-state index contributed by atoms with van der Waals surface area (Å²) in [5.41, 5.74) is 6.14. The first kappa shape index (κ1) is 11.5. The summed E-state index contributed by atoms with van der Waals surface area (Å²) in [6, 6.07) is 5.07. The molecule has 0 bridgehead atoms. The van der Waals surface area contributed by atoms with Crippen molar-refractivity contribution in [2.24, 2.45) is 5.73 Å². The number of aromatic hydroxyl groups is 1. The second-order valence-electron chi connectivity index (χ2n) is 2.96. The Balaban J connectivity index is 2.63. The quantitative estimate of drug-likeness (QED) is 0.606. The number of hydrogen-bond donors (Lipinski definition) is 3. The van der Waals surface area contributed by atoms with Crippen LogP contribution in [0.3, 0.4) is 0 Å². The molecule has 0 aliphatic carbocycles. The van der Waals surface area contributed by atoms with E-state index in [1.54, 1.807) is 12.1 Å². The number of ether oxygens (including phenoxy) is 1. The van der Waals surface area contributed by atoms with E-state index in [4.69, 9.17) is 15.9 Å². The molecule has 0 fully saturated rings. The number of phenols is 1. The number of aliphatic hydroxyl groups is 1. The van der Waals surface area contributed by atoms with Gasteiger partial charge in [-0.15, -0.1) is 0 Å². The van der Waals surface area contributed by atoms with Gasteiger partial charge in [0.25, 0.3) is 0 Å². The summed E-state index contributed by atoms with van der Waals surface area (Å²) in [5.74, 6) is -0.496. The van der Waals surface area contributed by atoms with E-state index in [9.17, 15) is 4.79 Å². The maximum Gasteiger partial charge on any atom is 0.327 e. The first-order chi connectivity index (χ1) is 7.15. The number of esters is 1. The van der Waals surface area contributed by atoms with Gasteiger partial charge in [-0.25, -0.2) is 4.79 Å². The van der Waals surface area contributed by atoms with E-state index in [0.717, 1.165) is 0 Å². The fourth-order valence-corrected chi connectivity index (χ4v) is 1.05. The minimum absolute atomic E-state index is 0.0649. The normalized spacial score (nSPS) is 12.1. The molecule has 5 nitrogen and oxygen atoms in total. The largest absolute Gasteiger partial charge is 0.508 e. The maximum atomic E-state index is 11.3. The molecule has 1 rings (SSSR count). The predicted octanol–water partition coefficient (Wildman–Crippen LogP) is -0.0725. The molecule has 1 atom stereocenters. The smallest absolute Gasteiger partial charge is 0.327 e. The highest BCUT2D eigenvalue weighted by Gasteiger charge is 2.16. The summed E-state index contributed by atoms with van der Waals surface area (Å²) < 4.78 is 4.66. The van der Waals surface area contributed by atoms with Gasteiger partial charge in [0.15, 0.2) is 0 Å². The number of carbonyl (C=O) groups excluding carboxylic acids is 1. The van der Waals surface area contributed by atoms with Crippen LogP contribution in [0.25, 0.3) is 0 Å². The molecule has 0 saturated heterocycles. The number of benzene rings is 1. The molecule has 0 radical (unpaired) electrons. The van der Waals surface area contributed by atoms with E-state index in [2.05, 4.69) is 4.74 Å². The van der Waals surface area contributed by atoms with Gasteiger partial charge in [-0.1, -0.05) is 12.1 Å². The first-order valence-corrected chi connectivity index (χ1v) is 4.47. The summed E-state index contributed by atoms with van der Waals surface area (Å²) in [5, 5.41) is 17.5. The van der Waals surface area contributed by atoms with Gasteiger partial charge in [-0.05, 0) is 17.7 Å². The third kappa shape index (κ3) is 3.23. The highest BCUT2D eigenvalue weighted by molar-refractivity contribution is 5.77. The van der Waals surface area contributed by atoms with Crippen LogP contribution in [0.5, 0.6) is 5.75 Å². The molecule has 0 aliphatic heterocycles. The van der Waals surface area contributed by atoms with Crippen molar-refractivity contribution in [1.82, 2.24) is 0 Å². The van der Waals surface area contributed by atoms with Crippen LogP contribution < -0.4 is 5.73 Å². The Morgan fingerprint density at radius 3 is 2.53 bits per heavy atom. The SMILES string of the molecule is N[C@@H](C(=O)OCCO)c1ccc(O)cc1. The van der Waals surface area contributed by atoms with Gasteiger partial charge in [0, 0.05) is 0 Å². The number of carbonyl (C=O) groups is 1. The van der Waals surface area contributed by atoms with E-state index in [0.29, 0.717) is 5.56 Å². The van der Waals surface area contributed by atoms with Crippen molar-refractivity contribution in [3.63, 3.8) is 0 Å². The third-order valence-electron chi connectivity index (χ3n) is 1.84. The van der Waals surface area contributed by atoms with E-state index in [1.807, 2.05) is 0 Å². The lowest BCUT2D eigenvalue weighted by Gasteiger charge is -2.10. The van der Waals surface area contributed by atoms with Gasteiger partial charge in [-0.2, -0.15) is 0 Å². The first-order valence-electron chi connectivity index (χ1n) is 4.47. The van der Waals surface area contributed by atoms with Crippen molar-refractivity contribution in [2.75, 3.05) is 13.2 Å². The lowest BCUT2D eigenvalue weighted by molar-refractivity contribution is -0.146. The Morgan fingerprint density at radius 1 is 1.40 bits per heavy atom. The van der Waals surface area contributed by atoms with Crippen molar-refractivity contribution >= 4 is 5.97 Å². The Labute approximate surface area is 87.1 Å². The monoisotopic (exact) mass is 211 g/mol. The molecule has 0 amide bonds. The maximum absolute atomic E-state index is 11.3. The molecular weight excluding hydrogens is 198 g/mol. The number of hydrogen-bond acceptors (Lipinski definition) is 5. The van der Waals surface area contributed by atoms with Gasteiger partial charge >= 0.3 is 5.97 Å². The topological polar surface area (TPSA) is 92.8 Å². The van der Waals surface area contributed by atoms with Crippen molar-refractivity contribution in [2.45, 2.75) is 6.04 Å². The van der Waals surface area contributed by atoms with E-state index in [-0.39, 0.29) is 19.0 Å². The molecule has 0 saturated carbocycles. The summed E-state index contributed by atoms with van der Waals surface area (Å²) in [6.45, 7) is -0.293. The van der Waals surface area contributed by atoms with Gasteiger partial charge in [-0.3, -0.25) is 0 Å². The summed E-state index contributed by atoms with van der Waals surface area (Å²) >= 11 is 0. The lowest BCUT2D eigenvalue weighted by atomic mass is 10.1. The van der Waals surface area contributed by atoms with Crippen LogP contribution in [0.15, 0.2) is 24.3 Å². The average molecular weight is 211 g/mol. The molecule has 82 valence electrons. The molecule has 1 aromatic rings. The molecule has 15 heavy (non-hydrogen) atoms.